The van der Waals surface area contributed by atoms with Crippen molar-refractivity contribution in [2.75, 3.05) is 18.5 Å². The Bertz CT molecular complexity index is 575. The smallest absolute Gasteiger partial charge is 0.0426 e. The van der Waals surface area contributed by atoms with Gasteiger partial charge in [0.2, 0.25) is 0 Å². The molecule has 0 aromatic heterocycles. The molecule has 0 unspecified atom stereocenters. The van der Waals surface area contributed by atoms with E-state index in [1.54, 1.807) is 0 Å². The summed E-state index contributed by atoms with van der Waals surface area (Å²) in [5, 5.41) is 0. The molecule has 0 spiro atoms. The first-order chi connectivity index (χ1) is 9.60. The number of hydrogen-bond acceptors (Lipinski definition) is 2. The van der Waals surface area contributed by atoms with Gasteiger partial charge < -0.3 is 10.6 Å². The Labute approximate surface area is 122 Å². The molecule has 20 heavy (non-hydrogen) atoms. The average Bonchev–Trinajstić information content (AvgIpc) is 2.39. The highest BCUT2D eigenvalue weighted by molar-refractivity contribution is 5.55. The van der Waals surface area contributed by atoms with Crippen molar-refractivity contribution in [2.24, 2.45) is 5.73 Å². The van der Waals surface area contributed by atoms with Crippen LogP contribution in [0.1, 0.15) is 22.3 Å². The maximum absolute atomic E-state index is 5.73. The highest BCUT2D eigenvalue weighted by atomic mass is 15.1. The zero-order chi connectivity index (χ0) is 14.5. The van der Waals surface area contributed by atoms with Gasteiger partial charge in [-0.1, -0.05) is 47.5 Å². The van der Waals surface area contributed by atoms with Crippen LogP contribution in [-0.2, 0) is 13.0 Å². The van der Waals surface area contributed by atoms with Gasteiger partial charge in [-0.3, -0.25) is 0 Å². The molecule has 0 atom stereocenters. The van der Waals surface area contributed by atoms with Crippen LogP contribution in [0.5, 0.6) is 0 Å². The molecule has 2 N–H and O–H groups in total. The largest absolute Gasteiger partial charge is 0.370 e. The van der Waals surface area contributed by atoms with E-state index in [2.05, 4.69) is 68.3 Å². The normalized spacial score (nSPS) is 10.6. The SMILES string of the molecule is Cc1cccc(CN(C)c2ccc(C)cc2CCN)c1. The summed E-state index contributed by atoms with van der Waals surface area (Å²) >= 11 is 0. The van der Waals surface area contributed by atoms with Crippen LogP contribution in [0.25, 0.3) is 0 Å². The van der Waals surface area contributed by atoms with Crippen LogP contribution in [0.3, 0.4) is 0 Å². The fourth-order valence-electron chi connectivity index (χ4n) is 2.61. The van der Waals surface area contributed by atoms with Gasteiger partial charge >= 0.3 is 0 Å². The first kappa shape index (κ1) is 14.6. The first-order valence-electron chi connectivity index (χ1n) is 7.16. The summed E-state index contributed by atoms with van der Waals surface area (Å²) < 4.78 is 0. The van der Waals surface area contributed by atoms with Gasteiger partial charge in [0.05, 0.1) is 0 Å². The maximum Gasteiger partial charge on any atom is 0.0426 e. The van der Waals surface area contributed by atoms with Gasteiger partial charge in [0, 0.05) is 19.3 Å². The first-order valence-corrected chi connectivity index (χ1v) is 7.16. The summed E-state index contributed by atoms with van der Waals surface area (Å²) in [4.78, 5) is 2.30. The molecule has 0 saturated heterocycles. The molecule has 0 saturated carbocycles. The fourth-order valence-corrected chi connectivity index (χ4v) is 2.61. The van der Waals surface area contributed by atoms with Crippen molar-refractivity contribution in [3.63, 3.8) is 0 Å². The Morgan fingerprint density at radius 2 is 1.75 bits per heavy atom. The van der Waals surface area contributed by atoms with E-state index < -0.39 is 0 Å². The number of anilines is 1. The van der Waals surface area contributed by atoms with E-state index in [-0.39, 0.29) is 0 Å². The zero-order valence-electron chi connectivity index (χ0n) is 12.7. The van der Waals surface area contributed by atoms with E-state index in [0.717, 1.165) is 13.0 Å². The number of benzene rings is 2. The minimum Gasteiger partial charge on any atom is -0.370 e. The Morgan fingerprint density at radius 3 is 2.45 bits per heavy atom. The molecule has 2 aromatic rings. The highest BCUT2D eigenvalue weighted by Gasteiger charge is 2.08. The molecule has 0 fully saturated rings. The average molecular weight is 268 g/mol. The van der Waals surface area contributed by atoms with Crippen molar-refractivity contribution in [1.82, 2.24) is 0 Å². The summed E-state index contributed by atoms with van der Waals surface area (Å²) in [5.74, 6) is 0. The van der Waals surface area contributed by atoms with Gasteiger partial charge in [0.1, 0.15) is 0 Å². The molecular formula is C18H24N2. The van der Waals surface area contributed by atoms with Crippen LogP contribution in [0.2, 0.25) is 0 Å². The summed E-state index contributed by atoms with van der Waals surface area (Å²) in [5.41, 5.74) is 12.3. The summed E-state index contributed by atoms with van der Waals surface area (Å²) in [6.07, 6.45) is 0.926. The van der Waals surface area contributed by atoms with Gasteiger partial charge in [-0.05, 0) is 44.0 Å². The van der Waals surface area contributed by atoms with Gasteiger partial charge in [-0.15, -0.1) is 0 Å². The molecular weight excluding hydrogens is 244 g/mol. The lowest BCUT2D eigenvalue weighted by Gasteiger charge is -2.23. The molecule has 0 aliphatic carbocycles. The number of nitrogens with two attached hydrogens (primary N) is 1. The second-order valence-electron chi connectivity index (χ2n) is 5.52. The third-order valence-electron chi connectivity index (χ3n) is 3.56. The summed E-state index contributed by atoms with van der Waals surface area (Å²) in [6, 6.07) is 15.3. The monoisotopic (exact) mass is 268 g/mol. The van der Waals surface area contributed by atoms with E-state index >= 15 is 0 Å². The van der Waals surface area contributed by atoms with Crippen LogP contribution < -0.4 is 10.6 Å². The van der Waals surface area contributed by atoms with Crippen molar-refractivity contribution in [1.29, 1.82) is 0 Å². The van der Waals surface area contributed by atoms with E-state index in [1.807, 2.05) is 0 Å². The number of hydrogen-bond donors (Lipinski definition) is 1. The Balaban J connectivity index is 2.22. The second kappa shape index (κ2) is 6.58. The van der Waals surface area contributed by atoms with E-state index in [1.165, 1.54) is 27.9 Å². The minimum atomic E-state index is 0.689. The maximum atomic E-state index is 5.73. The highest BCUT2D eigenvalue weighted by Crippen LogP contribution is 2.23. The Kier molecular flexibility index (Phi) is 4.80. The van der Waals surface area contributed by atoms with Crippen molar-refractivity contribution in [3.8, 4) is 0 Å². The molecule has 0 aliphatic rings. The van der Waals surface area contributed by atoms with Gasteiger partial charge in [-0.2, -0.15) is 0 Å². The Morgan fingerprint density at radius 1 is 1.00 bits per heavy atom. The molecule has 106 valence electrons. The van der Waals surface area contributed by atoms with Gasteiger partial charge in [0.25, 0.3) is 0 Å². The van der Waals surface area contributed by atoms with E-state index in [9.17, 15) is 0 Å². The third-order valence-corrected chi connectivity index (χ3v) is 3.56. The van der Waals surface area contributed by atoms with Crippen molar-refractivity contribution >= 4 is 5.69 Å². The lowest BCUT2D eigenvalue weighted by atomic mass is 10.0. The van der Waals surface area contributed by atoms with Crippen LogP contribution in [-0.4, -0.2) is 13.6 Å². The standard InChI is InChI=1S/C18H24N2/c1-14-5-4-6-16(11-14)13-20(3)18-8-7-15(2)12-17(18)9-10-19/h4-8,11-12H,9-10,13,19H2,1-3H3. The molecule has 0 aliphatic heterocycles. The number of nitrogens with zero attached hydrogens (tertiary/aromatic N) is 1. The Hall–Kier alpha value is -1.80. The minimum absolute atomic E-state index is 0.689. The molecule has 0 radical (unpaired) electrons. The molecule has 0 heterocycles. The summed E-state index contributed by atoms with van der Waals surface area (Å²) in [7, 11) is 2.15. The van der Waals surface area contributed by atoms with Crippen LogP contribution >= 0.6 is 0 Å². The topological polar surface area (TPSA) is 29.3 Å². The molecule has 0 amide bonds. The van der Waals surface area contributed by atoms with Crippen molar-refractivity contribution in [2.45, 2.75) is 26.8 Å². The molecule has 0 bridgehead atoms. The van der Waals surface area contributed by atoms with Crippen molar-refractivity contribution < 1.29 is 0 Å². The van der Waals surface area contributed by atoms with Crippen LogP contribution in [0, 0.1) is 13.8 Å². The molecule has 2 aromatic carbocycles. The van der Waals surface area contributed by atoms with Gasteiger partial charge in [-0.25, -0.2) is 0 Å². The lowest BCUT2D eigenvalue weighted by molar-refractivity contribution is 0.890. The molecule has 2 heteroatoms. The van der Waals surface area contributed by atoms with Gasteiger partial charge in [0.15, 0.2) is 0 Å². The molecule has 2 nitrogen and oxygen atoms in total. The lowest BCUT2D eigenvalue weighted by Crippen LogP contribution is -2.19. The second-order valence-corrected chi connectivity index (χ2v) is 5.52. The van der Waals surface area contributed by atoms with Crippen LogP contribution in [0.4, 0.5) is 5.69 Å². The fraction of sp³-hybridized carbons (Fsp3) is 0.333. The number of rotatable bonds is 5. The van der Waals surface area contributed by atoms with E-state index in [0.29, 0.717) is 6.54 Å². The predicted octanol–water partition coefficient (Wildman–Crippen LogP) is 3.44. The van der Waals surface area contributed by atoms with Crippen molar-refractivity contribution in [3.05, 3.63) is 64.7 Å². The third kappa shape index (κ3) is 3.61. The predicted molar refractivity (Wildman–Crippen MR) is 87.2 cm³/mol. The number of aryl methyl sites for hydroxylation is 2. The quantitative estimate of drug-likeness (QED) is 0.900. The zero-order valence-corrected chi connectivity index (χ0v) is 12.7. The van der Waals surface area contributed by atoms with Crippen LogP contribution in [0.15, 0.2) is 42.5 Å². The molecule has 2 rings (SSSR count). The summed E-state index contributed by atoms with van der Waals surface area (Å²) in [6.45, 7) is 5.87. The van der Waals surface area contributed by atoms with E-state index in [4.69, 9.17) is 5.73 Å².